The zero-order chi connectivity index (χ0) is 16.1. The summed E-state index contributed by atoms with van der Waals surface area (Å²) in [5.74, 6) is 0.462. The van der Waals surface area contributed by atoms with Crippen molar-refractivity contribution in [1.82, 2.24) is 5.32 Å². The highest BCUT2D eigenvalue weighted by molar-refractivity contribution is 7.85. The fourth-order valence-electron chi connectivity index (χ4n) is 2.44. The predicted molar refractivity (Wildman–Crippen MR) is 80.5 cm³/mol. The van der Waals surface area contributed by atoms with Crippen LogP contribution in [0, 0.1) is 5.92 Å². The lowest BCUT2D eigenvalue weighted by Crippen LogP contribution is -2.41. The minimum absolute atomic E-state index is 0.145. The highest BCUT2D eigenvalue weighted by atomic mass is 32.2. The highest BCUT2D eigenvalue weighted by Crippen LogP contribution is 2.27. The molecule has 0 heterocycles. The summed E-state index contributed by atoms with van der Waals surface area (Å²) >= 11 is 0. The average molecular weight is 321 g/mol. The average Bonchev–Trinajstić information content (AvgIpc) is 2.27. The molecule has 1 aliphatic carbocycles. The first-order valence-electron chi connectivity index (χ1n) is 7.39. The number of amides is 1. The standard InChI is InChI=1S/C14H27NO5S/c1-14(2,3)20-13(16)15-12-7-5-11(6-8-12)9-10-19-21(4,17)18/h11-12H,5-10H2,1-4H3,(H,15,16)/t11-,12-. The Labute approximate surface area is 127 Å². The van der Waals surface area contributed by atoms with Crippen LogP contribution < -0.4 is 5.32 Å². The summed E-state index contributed by atoms with van der Waals surface area (Å²) in [7, 11) is -3.34. The van der Waals surface area contributed by atoms with E-state index in [0.29, 0.717) is 5.92 Å². The first-order valence-corrected chi connectivity index (χ1v) is 9.21. The maximum atomic E-state index is 11.7. The van der Waals surface area contributed by atoms with E-state index in [0.717, 1.165) is 38.4 Å². The second-order valence-corrected chi connectivity index (χ2v) is 8.32. The molecule has 0 aromatic rings. The van der Waals surface area contributed by atoms with Crippen LogP contribution in [-0.2, 0) is 19.0 Å². The van der Waals surface area contributed by atoms with Crippen molar-refractivity contribution in [2.75, 3.05) is 12.9 Å². The van der Waals surface area contributed by atoms with Crippen LogP contribution in [0.15, 0.2) is 0 Å². The number of rotatable bonds is 5. The van der Waals surface area contributed by atoms with Gasteiger partial charge >= 0.3 is 6.09 Å². The summed E-state index contributed by atoms with van der Waals surface area (Å²) in [6, 6.07) is 0.145. The summed E-state index contributed by atoms with van der Waals surface area (Å²) < 4.78 is 31.7. The summed E-state index contributed by atoms with van der Waals surface area (Å²) in [5.41, 5.74) is -0.482. The molecule has 0 bridgehead atoms. The van der Waals surface area contributed by atoms with Crippen LogP contribution in [0.2, 0.25) is 0 Å². The van der Waals surface area contributed by atoms with Crippen molar-refractivity contribution in [1.29, 1.82) is 0 Å². The molecule has 1 aliphatic rings. The second-order valence-electron chi connectivity index (χ2n) is 6.68. The topological polar surface area (TPSA) is 81.7 Å². The maximum Gasteiger partial charge on any atom is 0.407 e. The third-order valence-corrected chi connectivity index (χ3v) is 3.99. The molecule has 0 atom stereocenters. The Morgan fingerprint density at radius 1 is 1.19 bits per heavy atom. The van der Waals surface area contributed by atoms with Gasteiger partial charge in [0, 0.05) is 6.04 Å². The molecule has 124 valence electrons. The fraction of sp³-hybridized carbons (Fsp3) is 0.929. The molecule has 6 nitrogen and oxygen atoms in total. The molecule has 7 heteroatoms. The Hall–Kier alpha value is -0.820. The summed E-state index contributed by atoms with van der Waals surface area (Å²) in [6.45, 7) is 5.76. The first-order chi connectivity index (χ1) is 9.55. The lowest BCUT2D eigenvalue weighted by molar-refractivity contribution is 0.0485. The Morgan fingerprint density at radius 3 is 2.24 bits per heavy atom. The van der Waals surface area contributed by atoms with Crippen LogP contribution in [0.5, 0.6) is 0 Å². The minimum atomic E-state index is -3.34. The minimum Gasteiger partial charge on any atom is -0.444 e. The van der Waals surface area contributed by atoms with Gasteiger partial charge in [0.05, 0.1) is 12.9 Å². The van der Waals surface area contributed by atoms with Gasteiger partial charge in [0.25, 0.3) is 10.1 Å². The summed E-state index contributed by atoms with van der Waals surface area (Å²) in [5, 5.41) is 2.89. The third-order valence-electron chi connectivity index (χ3n) is 3.39. The van der Waals surface area contributed by atoms with Gasteiger partial charge in [-0.25, -0.2) is 4.79 Å². The maximum absolute atomic E-state index is 11.7. The molecular weight excluding hydrogens is 294 g/mol. The van der Waals surface area contributed by atoms with Crippen LogP contribution in [0.25, 0.3) is 0 Å². The zero-order valence-electron chi connectivity index (χ0n) is 13.3. The molecule has 1 N–H and O–H groups in total. The van der Waals surface area contributed by atoms with E-state index < -0.39 is 15.7 Å². The molecule has 0 saturated heterocycles. The third kappa shape index (κ3) is 8.93. The van der Waals surface area contributed by atoms with Crippen LogP contribution in [0.1, 0.15) is 52.9 Å². The summed E-state index contributed by atoms with van der Waals surface area (Å²) in [4.78, 5) is 11.7. The quantitative estimate of drug-likeness (QED) is 0.787. The van der Waals surface area contributed by atoms with Crippen molar-refractivity contribution in [2.45, 2.75) is 64.5 Å². The molecule has 0 radical (unpaired) electrons. The van der Waals surface area contributed by atoms with E-state index in [1.165, 1.54) is 0 Å². The number of hydrogen-bond donors (Lipinski definition) is 1. The Morgan fingerprint density at radius 2 is 1.76 bits per heavy atom. The lowest BCUT2D eigenvalue weighted by Gasteiger charge is -2.30. The number of alkyl carbamates (subject to hydrolysis) is 1. The fourth-order valence-corrected chi connectivity index (χ4v) is 2.83. The molecule has 0 unspecified atom stereocenters. The van der Waals surface area contributed by atoms with Gasteiger partial charge in [-0.15, -0.1) is 0 Å². The van der Waals surface area contributed by atoms with E-state index in [1.54, 1.807) is 0 Å². The van der Waals surface area contributed by atoms with E-state index in [4.69, 9.17) is 8.92 Å². The molecule has 1 rings (SSSR count). The summed E-state index contributed by atoms with van der Waals surface area (Å²) in [6.07, 6.45) is 5.15. The van der Waals surface area contributed by atoms with Gasteiger partial charge in [0.15, 0.2) is 0 Å². The smallest absolute Gasteiger partial charge is 0.407 e. The van der Waals surface area contributed by atoms with Crippen molar-refractivity contribution < 1.29 is 22.1 Å². The normalized spacial score (nSPS) is 23.6. The van der Waals surface area contributed by atoms with Crippen molar-refractivity contribution in [3.8, 4) is 0 Å². The van der Waals surface area contributed by atoms with Gasteiger partial charge < -0.3 is 10.1 Å². The van der Waals surface area contributed by atoms with Crippen LogP contribution in [-0.4, -0.2) is 39.0 Å². The van der Waals surface area contributed by atoms with Gasteiger partial charge in [-0.2, -0.15) is 8.42 Å². The molecule has 0 aromatic heterocycles. The highest BCUT2D eigenvalue weighted by Gasteiger charge is 2.24. The van der Waals surface area contributed by atoms with Gasteiger partial charge in [-0.05, 0) is 58.8 Å². The Bertz CT molecular complexity index is 433. The Balaban J connectivity index is 2.22. The SMILES string of the molecule is CC(C)(C)OC(=O)N[C@H]1CC[C@H](CCOS(C)(=O)=O)CC1. The van der Waals surface area contributed by atoms with E-state index >= 15 is 0 Å². The number of carbonyl (C=O) groups is 1. The van der Waals surface area contributed by atoms with Crippen molar-refractivity contribution in [3.05, 3.63) is 0 Å². The Kier molecular flexibility index (Phi) is 6.46. The number of nitrogens with one attached hydrogen (secondary N) is 1. The van der Waals surface area contributed by atoms with Gasteiger partial charge in [-0.1, -0.05) is 0 Å². The molecule has 0 spiro atoms. The monoisotopic (exact) mass is 321 g/mol. The molecule has 1 amide bonds. The van der Waals surface area contributed by atoms with Gasteiger partial charge in [0.2, 0.25) is 0 Å². The van der Waals surface area contributed by atoms with Gasteiger partial charge in [-0.3, -0.25) is 4.18 Å². The van der Waals surface area contributed by atoms with Crippen LogP contribution >= 0.6 is 0 Å². The van der Waals surface area contributed by atoms with Crippen molar-refractivity contribution in [3.63, 3.8) is 0 Å². The molecule has 21 heavy (non-hydrogen) atoms. The molecular formula is C14H27NO5S. The van der Waals surface area contributed by atoms with Crippen LogP contribution in [0.3, 0.4) is 0 Å². The molecule has 1 fully saturated rings. The van der Waals surface area contributed by atoms with E-state index in [2.05, 4.69) is 5.32 Å². The molecule has 0 aliphatic heterocycles. The van der Waals surface area contributed by atoms with E-state index in [-0.39, 0.29) is 18.7 Å². The predicted octanol–water partition coefficient (Wildman–Crippen LogP) is 2.44. The van der Waals surface area contributed by atoms with Crippen molar-refractivity contribution in [2.24, 2.45) is 5.92 Å². The number of carbonyl (C=O) groups excluding carboxylic acids is 1. The second kappa shape index (κ2) is 7.45. The van der Waals surface area contributed by atoms with E-state index in [1.807, 2.05) is 20.8 Å². The number of hydrogen-bond acceptors (Lipinski definition) is 5. The molecule has 1 saturated carbocycles. The number of ether oxygens (including phenoxy) is 1. The molecule has 0 aromatic carbocycles. The van der Waals surface area contributed by atoms with E-state index in [9.17, 15) is 13.2 Å². The largest absolute Gasteiger partial charge is 0.444 e. The van der Waals surface area contributed by atoms with Crippen molar-refractivity contribution >= 4 is 16.2 Å². The first kappa shape index (κ1) is 18.2. The lowest BCUT2D eigenvalue weighted by atomic mass is 9.84. The van der Waals surface area contributed by atoms with Gasteiger partial charge in [0.1, 0.15) is 5.60 Å². The van der Waals surface area contributed by atoms with Crippen LogP contribution in [0.4, 0.5) is 4.79 Å². The zero-order valence-corrected chi connectivity index (χ0v) is 14.2.